The third-order valence-electron chi connectivity index (χ3n) is 4.11. The summed E-state index contributed by atoms with van der Waals surface area (Å²) in [5.41, 5.74) is 4.38. The molecule has 0 saturated carbocycles. The lowest BCUT2D eigenvalue weighted by Crippen LogP contribution is -1.98. The van der Waals surface area contributed by atoms with E-state index in [2.05, 4.69) is 51.8 Å². The van der Waals surface area contributed by atoms with Crippen molar-refractivity contribution in [2.24, 2.45) is 0 Å². The van der Waals surface area contributed by atoms with Gasteiger partial charge in [0.1, 0.15) is 0 Å². The molecule has 5 nitrogen and oxygen atoms in total. The summed E-state index contributed by atoms with van der Waals surface area (Å²) < 4.78 is 7.86. The summed E-state index contributed by atoms with van der Waals surface area (Å²) in [6.07, 6.45) is 3.77. The first-order valence-electron chi connectivity index (χ1n) is 8.42. The molecule has 0 bridgehead atoms. The Hall–Kier alpha value is -2.57. The Labute approximate surface area is 166 Å². The minimum absolute atomic E-state index is 0.486. The summed E-state index contributed by atoms with van der Waals surface area (Å²) in [4.78, 5) is 4.47. The number of imidazole rings is 1. The Kier molecular flexibility index (Phi) is 5.01. The van der Waals surface area contributed by atoms with Gasteiger partial charge in [-0.05, 0) is 55.3 Å². The Bertz CT molecular complexity index is 1070. The number of rotatable bonds is 5. The highest BCUT2D eigenvalue weighted by Crippen LogP contribution is 2.27. The van der Waals surface area contributed by atoms with Crippen LogP contribution in [0, 0.1) is 13.8 Å². The van der Waals surface area contributed by atoms with E-state index in [0.29, 0.717) is 22.6 Å². The maximum absolute atomic E-state index is 5.92. The van der Waals surface area contributed by atoms with E-state index in [1.807, 2.05) is 18.3 Å². The number of benzene rings is 2. The third-order valence-corrected chi connectivity index (χ3v) is 5.32. The average Bonchev–Trinajstić information content (AvgIpc) is 3.32. The lowest BCUT2D eigenvalue weighted by Gasteiger charge is -2.10. The molecule has 2 aromatic carbocycles. The second-order valence-electron chi connectivity index (χ2n) is 6.17. The van der Waals surface area contributed by atoms with Crippen LogP contribution in [0.1, 0.15) is 17.0 Å². The van der Waals surface area contributed by atoms with Crippen LogP contribution in [-0.4, -0.2) is 19.7 Å². The maximum Gasteiger partial charge on any atom is 0.247 e. The largest absolute Gasteiger partial charge is 0.420 e. The summed E-state index contributed by atoms with van der Waals surface area (Å²) in [5, 5.41) is 9.82. The van der Waals surface area contributed by atoms with Crippen LogP contribution in [0.4, 0.5) is 0 Å². The summed E-state index contributed by atoms with van der Waals surface area (Å²) in [5.74, 6) is 1.59. The Morgan fingerprint density at radius 2 is 1.89 bits per heavy atom. The monoisotopic (exact) mass is 396 g/mol. The van der Waals surface area contributed by atoms with Crippen molar-refractivity contribution in [1.29, 1.82) is 0 Å². The number of hydrogen-bond donors (Lipinski definition) is 0. The summed E-state index contributed by atoms with van der Waals surface area (Å²) >= 11 is 7.48. The van der Waals surface area contributed by atoms with Gasteiger partial charge in [-0.2, -0.15) is 0 Å². The Morgan fingerprint density at radius 3 is 2.70 bits per heavy atom. The van der Waals surface area contributed by atoms with E-state index in [1.54, 1.807) is 30.1 Å². The molecule has 7 heteroatoms. The molecule has 4 rings (SSSR count). The summed E-state index contributed by atoms with van der Waals surface area (Å²) in [6.45, 7) is 4.18. The van der Waals surface area contributed by atoms with Gasteiger partial charge in [-0.1, -0.05) is 35.5 Å². The average molecular weight is 397 g/mol. The van der Waals surface area contributed by atoms with Gasteiger partial charge in [0.15, 0.2) is 5.16 Å². The topological polar surface area (TPSA) is 56.7 Å². The Balaban J connectivity index is 1.51. The van der Waals surface area contributed by atoms with Crippen LogP contribution in [0.3, 0.4) is 0 Å². The van der Waals surface area contributed by atoms with E-state index in [-0.39, 0.29) is 0 Å². The van der Waals surface area contributed by atoms with Crippen LogP contribution in [0.25, 0.3) is 17.1 Å². The second-order valence-corrected chi connectivity index (χ2v) is 7.55. The molecule has 2 aromatic heterocycles. The minimum atomic E-state index is 0.486. The highest BCUT2D eigenvalue weighted by Gasteiger charge is 2.12. The van der Waals surface area contributed by atoms with E-state index in [0.717, 1.165) is 16.4 Å². The fourth-order valence-electron chi connectivity index (χ4n) is 2.71. The molecular formula is C20H17ClN4OS. The molecule has 136 valence electrons. The first-order chi connectivity index (χ1) is 13.1. The van der Waals surface area contributed by atoms with Crippen molar-refractivity contribution in [1.82, 2.24) is 19.7 Å². The van der Waals surface area contributed by atoms with Gasteiger partial charge in [-0.25, -0.2) is 4.98 Å². The molecule has 0 saturated heterocycles. The molecule has 0 N–H and O–H groups in total. The van der Waals surface area contributed by atoms with Gasteiger partial charge in [0.25, 0.3) is 0 Å². The molecule has 0 fully saturated rings. The van der Waals surface area contributed by atoms with Gasteiger partial charge >= 0.3 is 0 Å². The van der Waals surface area contributed by atoms with Crippen molar-refractivity contribution in [3.05, 3.63) is 76.9 Å². The molecule has 2 heterocycles. The van der Waals surface area contributed by atoms with Crippen LogP contribution in [0.2, 0.25) is 5.02 Å². The van der Waals surface area contributed by atoms with Gasteiger partial charge in [0, 0.05) is 23.0 Å². The predicted molar refractivity (Wildman–Crippen MR) is 107 cm³/mol. The van der Waals surface area contributed by atoms with Gasteiger partial charge in [0.2, 0.25) is 11.8 Å². The van der Waals surface area contributed by atoms with Crippen LogP contribution in [-0.2, 0) is 5.75 Å². The molecule has 0 spiro atoms. The number of aromatic nitrogens is 4. The number of nitrogens with zero attached hydrogens (tertiary/aromatic N) is 4. The van der Waals surface area contributed by atoms with Crippen molar-refractivity contribution >= 4 is 23.4 Å². The number of hydrogen-bond acceptors (Lipinski definition) is 5. The molecule has 0 unspecified atom stereocenters. The molecule has 0 atom stereocenters. The fourth-order valence-corrected chi connectivity index (χ4v) is 3.64. The number of aryl methyl sites for hydroxylation is 2. The summed E-state index contributed by atoms with van der Waals surface area (Å²) in [6, 6.07) is 13.7. The molecule has 0 aliphatic carbocycles. The SMILES string of the molecule is Cc1ccc(C)c(-n2ccnc2SCc2nnc(-c3ccc(Cl)cc3)o2)c1. The third kappa shape index (κ3) is 3.91. The zero-order chi connectivity index (χ0) is 18.8. The van der Waals surface area contributed by atoms with Crippen LogP contribution in [0.5, 0.6) is 0 Å². The van der Waals surface area contributed by atoms with Crippen molar-refractivity contribution < 1.29 is 4.42 Å². The van der Waals surface area contributed by atoms with Crippen molar-refractivity contribution in [2.45, 2.75) is 24.8 Å². The molecular weight excluding hydrogens is 380 g/mol. The lowest BCUT2D eigenvalue weighted by atomic mass is 10.1. The summed E-state index contributed by atoms with van der Waals surface area (Å²) in [7, 11) is 0. The minimum Gasteiger partial charge on any atom is -0.420 e. The second kappa shape index (κ2) is 7.58. The predicted octanol–water partition coefficient (Wildman–Crippen LogP) is 5.48. The first-order valence-corrected chi connectivity index (χ1v) is 9.78. The van der Waals surface area contributed by atoms with E-state index in [4.69, 9.17) is 16.0 Å². The lowest BCUT2D eigenvalue weighted by molar-refractivity contribution is 0.528. The maximum atomic E-state index is 5.92. The van der Waals surface area contributed by atoms with Crippen molar-refractivity contribution in [3.63, 3.8) is 0 Å². The molecule has 0 radical (unpaired) electrons. The van der Waals surface area contributed by atoms with Crippen LogP contribution < -0.4 is 0 Å². The standard InChI is InChI=1S/C20H17ClN4OS/c1-13-3-4-14(2)17(11-13)25-10-9-22-20(25)27-12-18-23-24-19(26-18)15-5-7-16(21)8-6-15/h3-11H,12H2,1-2H3. The van der Waals surface area contributed by atoms with Gasteiger partial charge < -0.3 is 4.42 Å². The van der Waals surface area contributed by atoms with Crippen molar-refractivity contribution in [3.8, 4) is 17.1 Å². The van der Waals surface area contributed by atoms with E-state index < -0.39 is 0 Å². The molecule has 0 amide bonds. The highest BCUT2D eigenvalue weighted by molar-refractivity contribution is 7.98. The fraction of sp³-hybridized carbons (Fsp3) is 0.150. The van der Waals surface area contributed by atoms with Gasteiger partial charge in [-0.3, -0.25) is 4.57 Å². The van der Waals surface area contributed by atoms with Crippen molar-refractivity contribution in [2.75, 3.05) is 0 Å². The number of halogens is 1. The molecule has 4 aromatic rings. The molecule has 0 aliphatic heterocycles. The first kappa shape index (κ1) is 17.8. The molecule has 0 aliphatic rings. The highest BCUT2D eigenvalue weighted by atomic mass is 35.5. The zero-order valence-corrected chi connectivity index (χ0v) is 16.5. The zero-order valence-electron chi connectivity index (χ0n) is 14.9. The molecule has 27 heavy (non-hydrogen) atoms. The van der Waals surface area contributed by atoms with Crippen LogP contribution >= 0.6 is 23.4 Å². The number of thioether (sulfide) groups is 1. The van der Waals surface area contributed by atoms with Gasteiger partial charge in [0.05, 0.1) is 11.4 Å². The normalized spacial score (nSPS) is 11.1. The van der Waals surface area contributed by atoms with E-state index >= 15 is 0 Å². The van der Waals surface area contributed by atoms with E-state index in [9.17, 15) is 0 Å². The Morgan fingerprint density at radius 1 is 1.07 bits per heavy atom. The van der Waals surface area contributed by atoms with E-state index in [1.165, 1.54) is 11.1 Å². The van der Waals surface area contributed by atoms with Crippen LogP contribution in [0.15, 0.2) is 64.4 Å². The smallest absolute Gasteiger partial charge is 0.247 e. The quantitative estimate of drug-likeness (QED) is 0.418. The van der Waals surface area contributed by atoms with Gasteiger partial charge in [-0.15, -0.1) is 10.2 Å².